The van der Waals surface area contributed by atoms with Crippen molar-refractivity contribution in [3.05, 3.63) is 35.4 Å². The largest absolute Gasteiger partial charge is 0.481 e. The van der Waals surface area contributed by atoms with E-state index in [2.05, 4.69) is 10.6 Å². The van der Waals surface area contributed by atoms with Gasteiger partial charge in [-0.2, -0.15) is 0 Å². The molecule has 6 heteroatoms. The summed E-state index contributed by atoms with van der Waals surface area (Å²) < 4.78 is 0. The molecule has 0 aliphatic rings. The molecule has 1 aromatic carbocycles. The molecule has 0 bridgehead atoms. The maximum atomic E-state index is 11.9. The third-order valence-corrected chi connectivity index (χ3v) is 2.97. The first-order chi connectivity index (χ1) is 10.0. The Kier molecular flexibility index (Phi) is 6.94. The molecule has 0 heterocycles. The summed E-state index contributed by atoms with van der Waals surface area (Å²) in [6, 6.07) is 6.48. The van der Waals surface area contributed by atoms with Crippen LogP contribution < -0.4 is 10.6 Å². The summed E-state index contributed by atoms with van der Waals surface area (Å²) in [4.78, 5) is 33.7. The van der Waals surface area contributed by atoms with Crippen LogP contribution in [0.4, 0.5) is 0 Å². The highest BCUT2D eigenvalue weighted by Gasteiger charge is 2.08. The molecule has 0 spiro atoms. The molecule has 0 unspecified atom stereocenters. The molecular weight excluding hydrogens is 272 g/mol. The third-order valence-electron chi connectivity index (χ3n) is 2.97. The lowest BCUT2D eigenvalue weighted by Gasteiger charge is -2.06. The Hall–Kier alpha value is -2.37. The number of carbonyl (C=O) groups excluding carboxylic acids is 2. The van der Waals surface area contributed by atoms with E-state index in [4.69, 9.17) is 5.11 Å². The number of aliphatic carboxylic acids is 1. The minimum atomic E-state index is -0.801. The van der Waals surface area contributed by atoms with E-state index in [1.807, 2.05) is 0 Å². The van der Waals surface area contributed by atoms with E-state index in [1.54, 1.807) is 24.3 Å². The van der Waals surface area contributed by atoms with Crippen molar-refractivity contribution in [1.29, 1.82) is 0 Å². The molecule has 0 fully saturated rings. The zero-order valence-corrected chi connectivity index (χ0v) is 12.0. The number of amides is 2. The van der Waals surface area contributed by atoms with Crippen LogP contribution in [0.2, 0.25) is 0 Å². The van der Waals surface area contributed by atoms with Crippen molar-refractivity contribution in [3.8, 4) is 0 Å². The molecule has 0 aliphatic carbocycles. The molecule has 0 aliphatic heterocycles. The molecule has 1 aromatic rings. The monoisotopic (exact) mass is 292 g/mol. The van der Waals surface area contributed by atoms with Crippen molar-refractivity contribution < 1.29 is 19.5 Å². The van der Waals surface area contributed by atoms with E-state index in [9.17, 15) is 14.4 Å². The van der Waals surface area contributed by atoms with E-state index in [0.29, 0.717) is 24.1 Å². The van der Waals surface area contributed by atoms with E-state index >= 15 is 0 Å². The highest BCUT2D eigenvalue weighted by molar-refractivity contribution is 5.99. The highest BCUT2D eigenvalue weighted by Crippen LogP contribution is 2.05. The minimum Gasteiger partial charge on any atom is -0.481 e. The Morgan fingerprint density at radius 3 is 2.33 bits per heavy atom. The molecule has 0 saturated carbocycles. The summed E-state index contributed by atoms with van der Waals surface area (Å²) in [7, 11) is 1.53. The number of carboxylic acids is 1. The van der Waals surface area contributed by atoms with Crippen molar-refractivity contribution in [2.45, 2.75) is 25.7 Å². The van der Waals surface area contributed by atoms with Gasteiger partial charge in [-0.3, -0.25) is 14.4 Å². The number of hydrogen-bond donors (Lipinski definition) is 3. The van der Waals surface area contributed by atoms with Crippen LogP contribution in [0, 0.1) is 0 Å². The summed E-state index contributed by atoms with van der Waals surface area (Å²) >= 11 is 0. The first-order valence-electron chi connectivity index (χ1n) is 6.86. The minimum absolute atomic E-state index is 0.155. The first kappa shape index (κ1) is 16.7. The van der Waals surface area contributed by atoms with Crippen molar-refractivity contribution in [1.82, 2.24) is 10.6 Å². The smallest absolute Gasteiger partial charge is 0.303 e. The number of unbranched alkanes of at least 4 members (excludes halogenated alkanes) is 2. The zero-order valence-electron chi connectivity index (χ0n) is 12.0. The fourth-order valence-corrected chi connectivity index (χ4v) is 1.83. The van der Waals surface area contributed by atoms with Gasteiger partial charge in [-0.1, -0.05) is 12.5 Å². The van der Waals surface area contributed by atoms with Gasteiger partial charge in [0.05, 0.1) is 0 Å². The molecule has 21 heavy (non-hydrogen) atoms. The molecule has 114 valence electrons. The van der Waals surface area contributed by atoms with Crippen LogP contribution in [0.25, 0.3) is 0 Å². The van der Waals surface area contributed by atoms with Crippen LogP contribution >= 0.6 is 0 Å². The van der Waals surface area contributed by atoms with Gasteiger partial charge in [0.25, 0.3) is 11.8 Å². The van der Waals surface area contributed by atoms with Gasteiger partial charge in [-0.25, -0.2) is 0 Å². The predicted octanol–water partition coefficient (Wildman–Crippen LogP) is 1.42. The molecule has 2 amide bonds. The van der Waals surface area contributed by atoms with Crippen molar-refractivity contribution in [2.75, 3.05) is 13.6 Å². The third kappa shape index (κ3) is 6.07. The maximum absolute atomic E-state index is 11.9. The molecule has 0 atom stereocenters. The summed E-state index contributed by atoms with van der Waals surface area (Å²) in [6.07, 6.45) is 2.25. The van der Waals surface area contributed by atoms with Gasteiger partial charge in [-0.05, 0) is 31.0 Å². The van der Waals surface area contributed by atoms with E-state index in [-0.39, 0.29) is 18.2 Å². The predicted molar refractivity (Wildman–Crippen MR) is 78.3 cm³/mol. The standard InChI is InChI=1S/C15H20N2O4/c1-16-14(20)11-6-5-7-12(10-11)15(21)17-9-4-2-3-8-13(18)19/h5-7,10H,2-4,8-9H2,1H3,(H,16,20)(H,17,21)(H,18,19). The quantitative estimate of drug-likeness (QED) is 0.631. The highest BCUT2D eigenvalue weighted by atomic mass is 16.4. The Morgan fingerprint density at radius 2 is 1.71 bits per heavy atom. The summed E-state index contributed by atoms with van der Waals surface area (Å²) in [6.45, 7) is 0.489. The zero-order chi connectivity index (χ0) is 15.7. The van der Waals surface area contributed by atoms with Gasteiger partial charge in [0.2, 0.25) is 0 Å². The summed E-state index contributed by atoms with van der Waals surface area (Å²) in [5.74, 6) is -1.28. The Bertz CT molecular complexity index is 514. The van der Waals surface area contributed by atoms with Crippen LogP contribution in [0.1, 0.15) is 46.4 Å². The Morgan fingerprint density at radius 1 is 1.05 bits per heavy atom. The lowest BCUT2D eigenvalue weighted by atomic mass is 10.1. The SMILES string of the molecule is CNC(=O)c1cccc(C(=O)NCCCCCC(=O)O)c1. The molecule has 6 nitrogen and oxygen atoms in total. The van der Waals surface area contributed by atoms with Crippen molar-refractivity contribution in [2.24, 2.45) is 0 Å². The van der Waals surface area contributed by atoms with Gasteiger partial charge in [0.15, 0.2) is 0 Å². The number of rotatable bonds is 8. The molecule has 0 saturated heterocycles. The number of benzene rings is 1. The Balaban J connectivity index is 2.38. The van der Waals surface area contributed by atoms with Gasteiger partial charge in [0, 0.05) is 31.1 Å². The van der Waals surface area contributed by atoms with Crippen LogP contribution in [-0.4, -0.2) is 36.5 Å². The van der Waals surface area contributed by atoms with Crippen molar-refractivity contribution in [3.63, 3.8) is 0 Å². The summed E-state index contributed by atoms with van der Waals surface area (Å²) in [5, 5.41) is 13.8. The topological polar surface area (TPSA) is 95.5 Å². The lowest BCUT2D eigenvalue weighted by Crippen LogP contribution is -2.25. The average Bonchev–Trinajstić information content (AvgIpc) is 2.49. The number of carbonyl (C=O) groups is 3. The molecule has 1 rings (SSSR count). The van der Waals surface area contributed by atoms with E-state index in [1.165, 1.54) is 7.05 Å². The van der Waals surface area contributed by atoms with Gasteiger partial charge >= 0.3 is 5.97 Å². The molecule has 3 N–H and O–H groups in total. The van der Waals surface area contributed by atoms with Gasteiger partial charge in [0.1, 0.15) is 0 Å². The summed E-state index contributed by atoms with van der Waals surface area (Å²) in [5.41, 5.74) is 0.869. The van der Waals surface area contributed by atoms with Gasteiger partial charge < -0.3 is 15.7 Å². The van der Waals surface area contributed by atoms with Gasteiger partial charge in [-0.15, -0.1) is 0 Å². The average molecular weight is 292 g/mol. The van der Waals surface area contributed by atoms with Crippen LogP contribution in [0.5, 0.6) is 0 Å². The van der Waals surface area contributed by atoms with E-state index < -0.39 is 5.97 Å². The second-order valence-corrected chi connectivity index (χ2v) is 4.62. The fourth-order valence-electron chi connectivity index (χ4n) is 1.83. The molecular formula is C15H20N2O4. The number of carboxylic acid groups (broad SMARTS) is 1. The maximum Gasteiger partial charge on any atom is 0.303 e. The Labute approximate surface area is 123 Å². The normalized spacial score (nSPS) is 9.95. The van der Waals surface area contributed by atoms with E-state index in [0.717, 1.165) is 12.8 Å². The van der Waals surface area contributed by atoms with Crippen molar-refractivity contribution >= 4 is 17.8 Å². The lowest BCUT2D eigenvalue weighted by molar-refractivity contribution is -0.137. The number of nitrogens with one attached hydrogen (secondary N) is 2. The van der Waals surface area contributed by atoms with Crippen LogP contribution in [-0.2, 0) is 4.79 Å². The molecule has 0 radical (unpaired) electrons. The number of hydrogen-bond acceptors (Lipinski definition) is 3. The van der Waals surface area contributed by atoms with Crippen LogP contribution in [0.15, 0.2) is 24.3 Å². The molecule has 0 aromatic heterocycles. The first-order valence-corrected chi connectivity index (χ1v) is 6.86. The van der Waals surface area contributed by atoms with Crippen LogP contribution in [0.3, 0.4) is 0 Å². The fraction of sp³-hybridized carbons (Fsp3) is 0.400. The second kappa shape index (κ2) is 8.73. The second-order valence-electron chi connectivity index (χ2n) is 4.62.